The number of fused-ring (bicyclic) bond motifs is 8. The van der Waals surface area contributed by atoms with Crippen LogP contribution in [0.1, 0.15) is 40.3 Å². The number of ether oxygens (including phenoxy) is 1. The van der Waals surface area contributed by atoms with Gasteiger partial charge in [-0.1, -0.05) is 155 Å². The maximum atomic E-state index is 13.3. The van der Waals surface area contributed by atoms with Gasteiger partial charge in [-0.2, -0.15) is 0 Å². The second kappa shape index (κ2) is 12.1. The van der Waals surface area contributed by atoms with Crippen molar-refractivity contribution < 1.29 is 9.63 Å². The van der Waals surface area contributed by atoms with Crippen molar-refractivity contribution >= 4 is 41.0 Å². The minimum Gasteiger partial charge on any atom is -0.457 e. The number of aryl methyl sites for hydroxylation is 2. The van der Waals surface area contributed by atoms with Crippen molar-refractivity contribution in [1.82, 2.24) is 0 Å². The quantitative estimate of drug-likeness (QED) is 0.117. The van der Waals surface area contributed by atoms with Crippen LogP contribution in [-0.2, 0) is 5.41 Å². The van der Waals surface area contributed by atoms with Crippen LogP contribution in [0.5, 0.6) is 11.5 Å². The summed E-state index contributed by atoms with van der Waals surface area (Å²) in [5.74, 6) is 8.62. The third-order valence-electron chi connectivity index (χ3n) is 11.2. The Morgan fingerprint density at radius 3 is 1.94 bits per heavy atom. The highest BCUT2D eigenvalue weighted by Gasteiger charge is 2.61. The maximum Gasteiger partial charge on any atom is 0.239 e. The summed E-state index contributed by atoms with van der Waals surface area (Å²) < 4.78 is 7.21. The molecule has 3 aliphatic rings. The zero-order chi connectivity index (χ0) is 34.7. The number of hydrogen-bond donors (Lipinski definition) is 1. The normalized spacial score (nSPS) is 20.7. The molecule has 4 heteroatoms. The fourth-order valence-corrected chi connectivity index (χ4v) is 12.2. The number of benzene rings is 6. The molecule has 0 bridgehead atoms. The molecule has 0 aromatic heterocycles. The Labute approximate surface area is 301 Å². The Balaban J connectivity index is 1.41. The number of allylic oxidation sites excluding steroid dienone is 4. The van der Waals surface area contributed by atoms with Crippen LogP contribution in [0.25, 0.3) is 0 Å². The molecule has 0 saturated heterocycles. The SMILES string of the molecule is CC1=CC=CC#CC1B(c1cccc2c1Oc1ccccc1C21c2ccccc2[P+](O)(c2ccccc2)c2ccccc21)c1c(C)cccc1C. The smallest absolute Gasteiger partial charge is 0.239 e. The second-order valence-electron chi connectivity index (χ2n) is 13.9. The molecule has 1 spiro atoms. The van der Waals surface area contributed by atoms with Crippen LogP contribution < -0.4 is 31.6 Å². The summed E-state index contributed by atoms with van der Waals surface area (Å²) >= 11 is 0. The van der Waals surface area contributed by atoms with Gasteiger partial charge in [0.2, 0.25) is 14.2 Å². The van der Waals surface area contributed by atoms with Gasteiger partial charge in [-0.25, -0.2) is 4.89 Å². The van der Waals surface area contributed by atoms with Crippen LogP contribution in [0.15, 0.2) is 163 Å². The molecule has 0 fully saturated rings. The largest absolute Gasteiger partial charge is 0.457 e. The first-order valence-electron chi connectivity index (χ1n) is 17.6. The highest BCUT2D eigenvalue weighted by Crippen LogP contribution is 2.64. The number of hydrogen-bond acceptors (Lipinski definition) is 2. The van der Waals surface area contributed by atoms with Crippen molar-refractivity contribution in [3.05, 3.63) is 197 Å². The summed E-state index contributed by atoms with van der Waals surface area (Å²) in [5.41, 5.74) is 9.68. The lowest BCUT2D eigenvalue weighted by atomic mass is 9.31. The summed E-state index contributed by atoms with van der Waals surface area (Å²) in [6.07, 6.45) is 6.19. The van der Waals surface area contributed by atoms with Gasteiger partial charge >= 0.3 is 0 Å². The van der Waals surface area contributed by atoms with Crippen molar-refractivity contribution in [2.75, 3.05) is 0 Å². The Morgan fingerprint density at radius 1 is 0.647 bits per heavy atom. The zero-order valence-corrected chi connectivity index (χ0v) is 29.9. The maximum absolute atomic E-state index is 13.3. The monoisotopic (exact) mass is 675 g/mol. The third-order valence-corrected chi connectivity index (χ3v) is 14.4. The molecule has 6 aromatic carbocycles. The van der Waals surface area contributed by atoms with Gasteiger partial charge in [0.15, 0.2) is 0 Å². The van der Waals surface area contributed by atoms with Gasteiger partial charge in [0.25, 0.3) is 0 Å². The van der Waals surface area contributed by atoms with Crippen molar-refractivity contribution in [1.29, 1.82) is 0 Å². The molecule has 1 atom stereocenters. The lowest BCUT2D eigenvalue weighted by molar-refractivity contribution is 0.438. The molecule has 2 aliphatic heterocycles. The summed E-state index contributed by atoms with van der Waals surface area (Å²) in [6.45, 7) is 6.54. The number of rotatable bonds is 4. The fraction of sp³-hybridized carbons (Fsp3) is 0.106. The molecule has 0 radical (unpaired) electrons. The van der Waals surface area contributed by atoms with Gasteiger partial charge in [-0.05, 0) is 62.6 Å². The van der Waals surface area contributed by atoms with E-state index in [-0.39, 0.29) is 12.5 Å². The summed E-state index contributed by atoms with van der Waals surface area (Å²) in [6, 6.07) is 49.1. The molecule has 2 heterocycles. The molecule has 6 aromatic rings. The average Bonchev–Trinajstić information content (AvgIpc) is 3.39. The summed E-state index contributed by atoms with van der Waals surface area (Å²) in [7, 11) is -3.01. The van der Waals surface area contributed by atoms with Crippen molar-refractivity contribution in [2.45, 2.75) is 32.0 Å². The predicted molar refractivity (Wildman–Crippen MR) is 215 cm³/mol. The highest BCUT2D eigenvalue weighted by molar-refractivity contribution is 7.91. The van der Waals surface area contributed by atoms with E-state index in [4.69, 9.17) is 4.74 Å². The van der Waals surface area contributed by atoms with E-state index >= 15 is 0 Å². The van der Waals surface area contributed by atoms with E-state index in [1.807, 2.05) is 24.3 Å². The number of para-hydroxylation sites is 2. The van der Waals surface area contributed by atoms with Crippen LogP contribution >= 0.6 is 7.49 Å². The molecular weight excluding hydrogens is 638 g/mol. The first-order valence-corrected chi connectivity index (χ1v) is 19.4. The van der Waals surface area contributed by atoms with Gasteiger partial charge in [0.1, 0.15) is 27.4 Å². The standard InChI is InChI=1S/C47H37BO2P/c1-32-18-6-4-9-27-40(32)48(45-33(2)19-16-20-34(45)3)41-28-17-26-39-46(41)50-42-29-13-10-23-36(42)47(39)37-24-11-14-30-43(37)51(49,35-21-7-5-8-22-35)44-31-15-12-25-38(44)47/h4-8,10-26,28-31,40,49H,1-3H3/q+1. The topological polar surface area (TPSA) is 29.5 Å². The van der Waals surface area contributed by atoms with Crippen LogP contribution in [-0.4, -0.2) is 11.6 Å². The fourth-order valence-electron chi connectivity index (χ4n) is 9.02. The van der Waals surface area contributed by atoms with Gasteiger partial charge in [-0.3, -0.25) is 0 Å². The highest BCUT2D eigenvalue weighted by atomic mass is 31.2. The van der Waals surface area contributed by atoms with E-state index < -0.39 is 12.9 Å². The Hall–Kier alpha value is -5.39. The van der Waals surface area contributed by atoms with Crippen LogP contribution in [0.4, 0.5) is 0 Å². The zero-order valence-electron chi connectivity index (χ0n) is 29.0. The van der Waals surface area contributed by atoms with Gasteiger partial charge in [0, 0.05) is 28.1 Å². The van der Waals surface area contributed by atoms with E-state index in [0.29, 0.717) is 0 Å². The molecule has 1 aliphatic carbocycles. The van der Waals surface area contributed by atoms with E-state index in [2.05, 4.69) is 166 Å². The van der Waals surface area contributed by atoms with Gasteiger partial charge < -0.3 is 4.74 Å². The Kier molecular flexibility index (Phi) is 7.52. The van der Waals surface area contributed by atoms with Crippen LogP contribution in [0.3, 0.4) is 0 Å². The minimum atomic E-state index is -3.01. The molecule has 244 valence electrons. The predicted octanol–water partition coefficient (Wildman–Crippen LogP) is 7.81. The van der Waals surface area contributed by atoms with Crippen molar-refractivity contribution in [3.8, 4) is 23.3 Å². The summed E-state index contributed by atoms with van der Waals surface area (Å²) in [4.78, 5) is 13.3. The van der Waals surface area contributed by atoms with Crippen LogP contribution in [0, 0.1) is 25.7 Å². The third kappa shape index (κ3) is 4.54. The molecule has 1 N–H and O–H groups in total. The lowest BCUT2D eigenvalue weighted by Crippen LogP contribution is -2.52. The van der Waals surface area contributed by atoms with E-state index in [1.165, 1.54) is 22.2 Å². The van der Waals surface area contributed by atoms with Gasteiger partial charge in [-0.15, -0.1) is 0 Å². The minimum absolute atomic E-state index is 0.0666. The van der Waals surface area contributed by atoms with E-state index in [9.17, 15) is 4.89 Å². The first kappa shape index (κ1) is 31.6. The molecular formula is C47H37BO2P+. The summed E-state index contributed by atoms with van der Waals surface area (Å²) in [5, 5.41) is 2.91. The Morgan fingerprint density at radius 2 is 1.24 bits per heavy atom. The van der Waals surface area contributed by atoms with Crippen LogP contribution in [0.2, 0.25) is 5.82 Å². The molecule has 51 heavy (non-hydrogen) atoms. The van der Waals surface area contributed by atoms with Crippen molar-refractivity contribution in [3.63, 3.8) is 0 Å². The molecule has 0 saturated carbocycles. The molecule has 0 amide bonds. The lowest BCUT2D eigenvalue weighted by Gasteiger charge is -2.46. The second-order valence-corrected chi connectivity index (χ2v) is 16.6. The molecule has 1 unspecified atom stereocenters. The van der Waals surface area contributed by atoms with E-state index in [1.54, 1.807) is 0 Å². The van der Waals surface area contributed by atoms with E-state index in [0.717, 1.165) is 55.1 Å². The first-order chi connectivity index (χ1) is 25.0. The van der Waals surface area contributed by atoms with Crippen molar-refractivity contribution in [2.24, 2.45) is 0 Å². The average molecular weight is 676 g/mol. The Bertz CT molecular complexity index is 2420. The molecule has 9 rings (SSSR count). The van der Waals surface area contributed by atoms with Gasteiger partial charge in [0.05, 0.1) is 5.41 Å². The molecule has 2 nitrogen and oxygen atoms in total.